The SMILES string of the molecule is Oc1ccccc1-c1cc(NCc2cccs2)n2ncc(Br)c2n1. The van der Waals surface area contributed by atoms with Gasteiger partial charge in [-0.1, -0.05) is 18.2 Å². The highest BCUT2D eigenvalue weighted by Gasteiger charge is 2.13. The number of thiophene rings is 1. The van der Waals surface area contributed by atoms with Crippen LogP contribution in [0.1, 0.15) is 4.88 Å². The predicted molar refractivity (Wildman–Crippen MR) is 99.4 cm³/mol. The van der Waals surface area contributed by atoms with Gasteiger partial charge in [-0.15, -0.1) is 11.3 Å². The molecule has 3 aromatic heterocycles. The molecular formula is C17H13BrN4OS. The molecule has 0 bridgehead atoms. The summed E-state index contributed by atoms with van der Waals surface area (Å²) >= 11 is 5.18. The van der Waals surface area contributed by atoms with Gasteiger partial charge in [-0.2, -0.15) is 9.61 Å². The van der Waals surface area contributed by atoms with E-state index in [4.69, 9.17) is 0 Å². The molecule has 0 atom stereocenters. The normalized spacial score (nSPS) is 11.0. The van der Waals surface area contributed by atoms with Gasteiger partial charge in [0.25, 0.3) is 0 Å². The van der Waals surface area contributed by atoms with E-state index in [1.54, 1.807) is 34.2 Å². The molecule has 0 aliphatic rings. The number of benzene rings is 1. The Kier molecular flexibility index (Phi) is 3.95. The van der Waals surface area contributed by atoms with Gasteiger partial charge in [-0.25, -0.2) is 4.98 Å². The molecule has 0 aliphatic carbocycles. The van der Waals surface area contributed by atoms with E-state index < -0.39 is 0 Å². The standard InChI is InChI=1S/C17H13BrN4OS/c18-13-10-20-22-16(19-9-11-4-3-7-24-11)8-14(21-17(13)22)12-5-1-2-6-15(12)23/h1-8,10,19,23H,9H2. The van der Waals surface area contributed by atoms with Crippen LogP contribution in [0.5, 0.6) is 5.75 Å². The Bertz CT molecular complexity index is 997. The molecule has 0 spiro atoms. The van der Waals surface area contributed by atoms with E-state index in [-0.39, 0.29) is 5.75 Å². The summed E-state index contributed by atoms with van der Waals surface area (Å²) in [5.41, 5.74) is 2.08. The van der Waals surface area contributed by atoms with E-state index in [0.29, 0.717) is 23.4 Å². The van der Waals surface area contributed by atoms with E-state index in [1.807, 2.05) is 24.3 Å². The van der Waals surface area contributed by atoms with Crippen molar-refractivity contribution in [2.24, 2.45) is 0 Å². The molecule has 2 N–H and O–H groups in total. The van der Waals surface area contributed by atoms with Crippen LogP contribution < -0.4 is 5.32 Å². The van der Waals surface area contributed by atoms with Gasteiger partial charge in [0.1, 0.15) is 11.6 Å². The van der Waals surface area contributed by atoms with E-state index in [2.05, 4.69) is 42.8 Å². The van der Waals surface area contributed by atoms with Crippen LogP contribution in [-0.2, 0) is 6.54 Å². The van der Waals surface area contributed by atoms with E-state index in [0.717, 1.165) is 10.3 Å². The van der Waals surface area contributed by atoms with Gasteiger partial charge >= 0.3 is 0 Å². The van der Waals surface area contributed by atoms with Gasteiger partial charge in [0.05, 0.1) is 22.9 Å². The zero-order valence-electron chi connectivity index (χ0n) is 12.5. The minimum Gasteiger partial charge on any atom is -0.507 e. The minimum absolute atomic E-state index is 0.203. The van der Waals surface area contributed by atoms with Gasteiger partial charge in [0.2, 0.25) is 0 Å². The third kappa shape index (κ3) is 2.76. The number of hydrogen-bond acceptors (Lipinski definition) is 5. The zero-order chi connectivity index (χ0) is 16.5. The lowest BCUT2D eigenvalue weighted by molar-refractivity contribution is 0.477. The second-order valence-corrected chi connectivity index (χ2v) is 7.09. The minimum atomic E-state index is 0.203. The fraction of sp³-hybridized carbons (Fsp3) is 0.0588. The molecule has 5 nitrogen and oxygen atoms in total. The number of halogens is 1. The molecule has 0 saturated carbocycles. The smallest absolute Gasteiger partial charge is 0.172 e. The van der Waals surface area contributed by atoms with E-state index in [9.17, 15) is 5.11 Å². The monoisotopic (exact) mass is 400 g/mol. The van der Waals surface area contributed by atoms with Crippen LogP contribution in [0.3, 0.4) is 0 Å². The highest BCUT2D eigenvalue weighted by molar-refractivity contribution is 9.10. The summed E-state index contributed by atoms with van der Waals surface area (Å²) in [5, 5.41) is 19.9. The third-order valence-electron chi connectivity index (χ3n) is 3.63. The van der Waals surface area contributed by atoms with Crippen molar-refractivity contribution in [1.82, 2.24) is 14.6 Å². The lowest BCUT2D eigenvalue weighted by atomic mass is 10.1. The number of phenols is 1. The van der Waals surface area contributed by atoms with Crippen molar-refractivity contribution >= 4 is 38.7 Å². The first kappa shape index (κ1) is 15.2. The molecule has 0 radical (unpaired) electrons. The topological polar surface area (TPSA) is 62.5 Å². The second-order valence-electron chi connectivity index (χ2n) is 5.20. The summed E-state index contributed by atoms with van der Waals surface area (Å²) in [6.45, 7) is 0.703. The first-order valence-electron chi connectivity index (χ1n) is 7.31. The molecule has 3 heterocycles. The lowest BCUT2D eigenvalue weighted by Crippen LogP contribution is -2.06. The largest absolute Gasteiger partial charge is 0.507 e. The van der Waals surface area contributed by atoms with Crippen molar-refractivity contribution in [2.45, 2.75) is 6.54 Å². The van der Waals surface area contributed by atoms with Crippen molar-refractivity contribution in [1.29, 1.82) is 0 Å². The number of nitrogens with zero attached hydrogens (tertiary/aromatic N) is 3. The maximum absolute atomic E-state index is 10.1. The second kappa shape index (κ2) is 6.26. The number of aromatic hydroxyl groups is 1. The highest BCUT2D eigenvalue weighted by atomic mass is 79.9. The fourth-order valence-electron chi connectivity index (χ4n) is 2.48. The van der Waals surface area contributed by atoms with Crippen molar-refractivity contribution in [3.63, 3.8) is 0 Å². The van der Waals surface area contributed by atoms with Gasteiger partial charge in [-0.3, -0.25) is 0 Å². The molecule has 120 valence electrons. The Morgan fingerprint density at radius 3 is 2.88 bits per heavy atom. The number of para-hydroxylation sites is 1. The lowest BCUT2D eigenvalue weighted by Gasteiger charge is -2.11. The number of phenolic OH excluding ortho intramolecular Hbond substituents is 1. The first-order chi connectivity index (χ1) is 11.7. The molecular weight excluding hydrogens is 388 g/mol. The van der Waals surface area contributed by atoms with Gasteiger partial charge < -0.3 is 10.4 Å². The molecule has 0 fully saturated rings. The molecule has 7 heteroatoms. The summed E-state index contributed by atoms with van der Waals surface area (Å²) in [7, 11) is 0. The highest BCUT2D eigenvalue weighted by Crippen LogP contribution is 2.31. The summed E-state index contributed by atoms with van der Waals surface area (Å²) in [4.78, 5) is 5.86. The predicted octanol–water partition coefficient (Wildman–Crippen LogP) is 4.54. The number of hydrogen-bond donors (Lipinski definition) is 2. The average molecular weight is 401 g/mol. The molecule has 24 heavy (non-hydrogen) atoms. The van der Waals surface area contributed by atoms with Crippen molar-refractivity contribution in [2.75, 3.05) is 5.32 Å². The van der Waals surface area contributed by atoms with Crippen LogP contribution >= 0.6 is 27.3 Å². The van der Waals surface area contributed by atoms with E-state index >= 15 is 0 Å². The summed E-state index contributed by atoms with van der Waals surface area (Å²) in [5.74, 6) is 1.02. The molecule has 4 aromatic rings. The maximum atomic E-state index is 10.1. The Balaban J connectivity index is 1.81. The van der Waals surface area contributed by atoms with Crippen LogP contribution in [0.4, 0.5) is 5.82 Å². The number of rotatable bonds is 4. The number of nitrogens with one attached hydrogen (secondary N) is 1. The number of anilines is 1. The van der Waals surface area contributed by atoms with Crippen molar-refractivity contribution in [3.8, 4) is 17.0 Å². The molecule has 0 amide bonds. The van der Waals surface area contributed by atoms with E-state index in [1.165, 1.54) is 4.88 Å². The van der Waals surface area contributed by atoms with Crippen LogP contribution in [-0.4, -0.2) is 19.7 Å². The Morgan fingerprint density at radius 2 is 2.08 bits per heavy atom. The van der Waals surface area contributed by atoms with Crippen molar-refractivity contribution < 1.29 is 5.11 Å². The van der Waals surface area contributed by atoms with Crippen LogP contribution in [0.15, 0.2) is 58.5 Å². The molecule has 0 unspecified atom stereocenters. The number of fused-ring (bicyclic) bond motifs is 1. The zero-order valence-corrected chi connectivity index (χ0v) is 14.9. The summed E-state index contributed by atoms with van der Waals surface area (Å²) in [6.07, 6.45) is 1.72. The maximum Gasteiger partial charge on any atom is 0.172 e. The quantitative estimate of drug-likeness (QED) is 0.527. The molecule has 0 saturated heterocycles. The van der Waals surface area contributed by atoms with Crippen LogP contribution in [0.25, 0.3) is 16.9 Å². The Hall–Kier alpha value is -2.38. The van der Waals surface area contributed by atoms with Crippen molar-refractivity contribution in [3.05, 3.63) is 63.4 Å². The van der Waals surface area contributed by atoms with Crippen LogP contribution in [0, 0.1) is 0 Å². The Morgan fingerprint density at radius 1 is 1.21 bits per heavy atom. The molecule has 1 aromatic carbocycles. The third-order valence-corrected chi connectivity index (χ3v) is 5.07. The summed E-state index contributed by atoms with van der Waals surface area (Å²) in [6, 6.07) is 13.2. The average Bonchev–Trinajstić information content (AvgIpc) is 3.23. The molecule has 0 aliphatic heterocycles. The summed E-state index contributed by atoms with van der Waals surface area (Å²) < 4.78 is 2.56. The van der Waals surface area contributed by atoms with Gasteiger partial charge in [0, 0.05) is 16.5 Å². The van der Waals surface area contributed by atoms with Gasteiger partial charge in [0.15, 0.2) is 5.65 Å². The Labute approximate surface area is 150 Å². The first-order valence-corrected chi connectivity index (χ1v) is 8.98. The number of aromatic nitrogens is 3. The van der Waals surface area contributed by atoms with Crippen LogP contribution in [0.2, 0.25) is 0 Å². The molecule has 4 rings (SSSR count). The van der Waals surface area contributed by atoms with Gasteiger partial charge in [-0.05, 0) is 39.5 Å². The fourth-order valence-corrected chi connectivity index (χ4v) is 3.47.